The van der Waals surface area contributed by atoms with Crippen LogP contribution in [0.5, 0.6) is 5.75 Å². The molecule has 0 spiro atoms. The first-order chi connectivity index (χ1) is 10.6. The first-order valence-electron chi connectivity index (χ1n) is 7.68. The molecule has 0 amide bonds. The molecule has 22 heavy (non-hydrogen) atoms. The summed E-state index contributed by atoms with van der Waals surface area (Å²) in [6, 6.07) is 3.42. The Kier molecular flexibility index (Phi) is 4.18. The fourth-order valence-corrected chi connectivity index (χ4v) is 2.97. The van der Waals surface area contributed by atoms with Crippen molar-refractivity contribution in [3.63, 3.8) is 0 Å². The lowest BCUT2D eigenvalue weighted by atomic mass is 9.99. The summed E-state index contributed by atoms with van der Waals surface area (Å²) in [7, 11) is 0. The minimum absolute atomic E-state index is 0.246. The molecular weight excluding hydrogens is 282 g/mol. The second kappa shape index (κ2) is 6.10. The van der Waals surface area contributed by atoms with Crippen LogP contribution in [-0.4, -0.2) is 36.3 Å². The molecule has 0 saturated carbocycles. The standard InChI is InChI=1S/C17H21NO4/c1-3-12-9-13-11(2)8-15(19)22-17(13)14(16(12)20)10-18-4-6-21-7-5-18/h8-9,20H,3-7,10H2,1-2H3. The smallest absolute Gasteiger partial charge is 0.336 e. The molecule has 1 fully saturated rings. The molecule has 1 aromatic carbocycles. The van der Waals surface area contributed by atoms with E-state index in [0.29, 0.717) is 30.9 Å². The normalized spacial score (nSPS) is 16.3. The van der Waals surface area contributed by atoms with Crippen LogP contribution in [0.3, 0.4) is 0 Å². The van der Waals surface area contributed by atoms with E-state index in [1.54, 1.807) is 0 Å². The van der Waals surface area contributed by atoms with Gasteiger partial charge in [0.05, 0.1) is 18.8 Å². The van der Waals surface area contributed by atoms with Crippen LogP contribution in [0, 0.1) is 6.92 Å². The van der Waals surface area contributed by atoms with Gasteiger partial charge in [0.25, 0.3) is 0 Å². The lowest BCUT2D eigenvalue weighted by molar-refractivity contribution is 0.0339. The van der Waals surface area contributed by atoms with Crippen LogP contribution in [0.25, 0.3) is 11.0 Å². The van der Waals surface area contributed by atoms with Gasteiger partial charge >= 0.3 is 5.63 Å². The quantitative estimate of drug-likeness (QED) is 0.881. The Morgan fingerprint density at radius 1 is 1.27 bits per heavy atom. The minimum atomic E-state index is -0.378. The number of aromatic hydroxyl groups is 1. The maximum atomic E-state index is 11.7. The number of aryl methyl sites for hydroxylation is 2. The second-order valence-electron chi connectivity index (χ2n) is 5.73. The average Bonchev–Trinajstić information content (AvgIpc) is 2.51. The van der Waals surface area contributed by atoms with E-state index in [2.05, 4.69) is 4.90 Å². The van der Waals surface area contributed by atoms with Gasteiger partial charge in [-0.3, -0.25) is 4.90 Å². The molecule has 5 nitrogen and oxygen atoms in total. The molecule has 1 aromatic heterocycles. The molecule has 0 unspecified atom stereocenters. The number of hydrogen-bond acceptors (Lipinski definition) is 5. The van der Waals surface area contributed by atoms with Gasteiger partial charge in [0.2, 0.25) is 0 Å². The predicted octanol–water partition coefficient (Wildman–Crippen LogP) is 2.20. The fourth-order valence-electron chi connectivity index (χ4n) is 2.97. The molecule has 2 aromatic rings. The van der Waals surface area contributed by atoms with Crippen molar-refractivity contribution >= 4 is 11.0 Å². The molecule has 3 rings (SSSR count). The summed E-state index contributed by atoms with van der Waals surface area (Å²) in [5.74, 6) is 0.246. The third-order valence-electron chi connectivity index (χ3n) is 4.26. The molecule has 0 radical (unpaired) electrons. The number of morpholine rings is 1. The van der Waals surface area contributed by atoms with E-state index in [1.165, 1.54) is 6.07 Å². The Labute approximate surface area is 129 Å². The summed E-state index contributed by atoms with van der Waals surface area (Å²) in [6.07, 6.45) is 0.733. The number of ether oxygens (including phenoxy) is 1. The van der Waals surface area contributed by atoms with E-state index in [9.17, 15) is 9.90 Å². The molecular formula is C17H21NO4. The van der Waals surface area contributed by atoms with Crippen LogP contribution in [-0.2, 0) is 17.7 Å². The Hall–Kier alpha value is -1.85. The zero-order valence-corrected chi connectivity index (χ0v) is 13.0. The average molecular weight is 303 g/mol. The molecule has 118 valence electrons. The van der Waals surface area contributed by atoms with E-state index in [1.807, 2.05) is 19.9 Å². The number of benzene rings is 1. The highest BCUT2D eigenvalue weighted by atomic mass is 16.5. The van der Waals surface area contributed by atoms with Gasteiger partial charge in [-0.25, -0.2) is 4.79 Å². The van der Waals surface area contributed by atoms with E-state index in [4.69, 9.17) is 9.15 Å². The summed E-state index contributed by atoms with van der Waals surface area (Å²) >= 11 is 0. The molecule has 1 aliphatic heterocycles. The largest absolute Gasteiger partial charge is 0.507 e. The summed E-state index contributed by atoms with van der Waals surface area (Å²) in [5.41, 5.74) is 2.59. The van der Waals surface area contributed by atoms with Crippen LogP contribution in [0.15, 0.2) is 21.3 Å². The lowest BCUT2D eigenvalue weighted by Crippen LogP contribution is -2.35. The number of phenolic OH excluding ortho intramolecular Hbond substituents is 1. The predicted molar refractivity (Wildman–Crippen MR) is 84.4 cm³/mol. The van der Waals surface area contributed by atoms with Gasteiger partial charge in [0.1, 0.15) is 11.3 Å². The van der Waals surface area contributed by atoms with E-state index < -0.39 is 0 Å². The summed E-state index contributed by atoms with van der Waals surface area (Å²) in [6.45, 7) is 7.47. The Morgan fingerprint density at radius 3 is 2.68 bits per heavy atom. The van der Waals surface area contributed by atoms with Crippen LogP contribution in [0.1, 0.15) is 23.6 Å². The third-order valence-corrected chi connectivity index (χ3v) is 4.26. The van der Waals surface area contributed by atoms with E-state index in [0.717, 1.165) is 36.0 Å². The molecule has 0 aliphatic carbocycles. The number of fused-ring (bicyclic) bond motifs is 1. The van der Waals surface area contributed by atoms with Crippen LogP contribution in [0.4, 0.5) is 0 Å². The third kappa shape index (κ3) is 2.74. The van der Waals surface area contributed by atoms with Gasteiger partial charge in [0.15, 0.2) is 0 Å². The molecule has 1 aliphatic rings. The highest BCUT2D eigenvalue weighted by Crippen LogP contribution is 2.33. The van der Waals surface area contributed by atoms with Gasteiger partial charge < -0.3 is 14.3 Å². The van der Waals surface area contributed by atoms with Crippen molar-refractivity contribution in [3.05, 3.63) is 39.2 Å². The monoisotopic (exact) mass is 303 g/mol. The number of nitrogens with zero attached hydrogens (tertiary/aromatic N) is 1. The molecule has 1 saturated heterocycles. The van der Waals surface area contributed by atoms with Gasteiger partial charge in [0, 0.05) is 31.1 Å². The Morgan fingerprint density at radius 2 is 2.00 bits per heavy atom. The number of phenols is 1. The second-order valence-corrected chi connectivity index (χ2v) is 5.73. The lowest BCUT2D eigenvalue weighted by Gasteiger charge is -2.27. The SMILES string of the molecule is CCc1cc2c(C)cc(=O)oc2c(CN2CCOCC2)c1O. The Balaban J connectivity index is 2.16. The van der Waals surface area contributed by atoms with Crippen molar-refractivity contribution in [2.75, 3.05) is 26.3 Å². The summed E-state index contributed by atoms with van der Waals surface area (Å²) < 4.78 is 10.8. The van der Waals surface area contributed by atoms with Crippen LogP contribution in [0.2, 0.25) is 0 Å². The van der Waals surface area contributed by atoms with Crippen molar-refractivity contribution < 1.29 is 14.3 Å². The van der Waals surface area contributed by atoms with Crippen molar-refractivity contribution in [1.29, 1.82) is 0 Å². The van der Waals surface area contributed by atoms with Crippen LogP contribution < -0.4 is 5.63 Å². The minimum Gasteiger partial charge on any atom is -0.507 e. The van der Waals surface area contributed by atoms with Crippen LogP contribution >= 0.6 is 0 Å². The molecule has 5 heteroatoms. The zero-order chi connectivity index (χ0) is 15.7. The summed E-state index contributed by atoms with van der Waals surface area (Å²) in [4.78, 5) is 13.9. The fraction of sp³-hybridized carbons (Fsp3) is 0.471. The topological polar surface area (TPSA) is 62.9 Å². The summed E-state index contributed by atoms with van der Waals surface area (Å²) in [5, 5.41) is 11.5. The molecule has 0 bridgehead atoms. The maximum absolute atomic E-state index is 11.7. The van der Waals surface area contributed by atoms with E-state index >= 15 is 0 Å². The highest BCUT2D eigenvalue weighted by molar-refractivity contribution is 5.86. The first-order valence-corrected chi connectivity index (χ1v) is 7.68. The zero-order valence-electron chi connectivity index (χ0n) is 13.0. The van der Waals surface area contributed by atoms with Gasteiger partial charge in [-0.2, -0.15) is 0 Å². The van der Waals surface area contributed by atoms with Crippen molar-refractivity contribution in [1.82, 2.24) is 4.90 Å². The highest BCUT2D eigenvalue weighted by Gasteiger charge is 2.20. The number of hydrogen-bond donors (Lipinski definition) is 1. The van der Waals surface area contributed by atoms with Crippen molar-refractivity contribution in [2.45, 2.75) is 26.8 Å². The first kappa shape index (κ1) is 15.1. The molecule has 0 atom stereocenters. The van der Waals surface area contributed by atoms with Gasteiger partial charge in [-0.05, 0) is 30.5 Å². The number of rotatable bonds is 3. The van der Waals surface area contributed by atoms with Gasteiger partial charge in [-0.1, -0.05) is 6.92 Å². The van der Waals surface area contributed by atoms with Gasteiger partial charge in [-0.15, -0.1) is 0 Å². The van der Waals surface area contributed by atoms with Crippen molar-refractivity contribution in [2.24, 2.45) is 0 Å². The van der Waals surface area contributed by atoms with Crippen molar-refractivity contribution in [3.8, 4) is 5.75 Å². The molecule has 2 heterocycles. The molecule has 1 N–H and O–H groups in total. The maximum Gasteiger partial charge on any atom is 0.336 e. The van der Waals surface area contributed by atoms with E-state index in [-0.39, 0.29) is 11.4 Å². The Bertz CT molecular complexity index is 744.